The van der Waals surface area contributed by atoms with Crippen LogP contribution < -0.4 is 10.1 Å². The summed E-state index contributed by atoms with van der Waals surface area (Å²) in [5, 5.41) is 11.5. The Morgan fingerprint density at radius 3 is 2.19 bits per heavy atom. The normalized spacial score (nSPS) is 11.0. The number of carbonyl (C=O) groups is 1. The molecule has 0 aromatic heterocycles. The number of nitrogens with zero attached hydrogens (tertiary/aromatic N) is 2. The predicted octanol–water partition coefficient (Wildman–Crippen LogP) is 3.49. The molecule has 7 nitrogen and oxygen atoms in total. The number of sulfonamides is 1. The van der Waals surface area contributed by atoms with Crippen LogP contribution in [0.2, 0.25) is 0 Å². The average molecular weight is 436 g/mol. The van der Waals surface area contributed by atoms with E-state index in [2.05, 4.69) is 11.4 Å². The first kappa shape index (κ1) is 22.0. The fourth-order valence-corrected chi connectivity index (χ4v) is 3.72. The lowest BCUT2D eigenvalue weighted by molar-refractivity contribution is -0.118. The minimum atomic E-state index is -3.59. The van der Waals surface area contributed by atoms with Crippen molar-refractivity contribution in [1.29, 1.82) is 5.26 Å². The van der Waals surface area contributed by atoms with Crippen LogP contribution in [0, 0.1) is 11.3 Å². The van der Waals surface area contributed by atoms with Crippen LogP contribution in [0.15, 0.2) is 77.7 Å². The van der Waals surface area contributed by atoms with Crippen LogP contribution in [-0.2, 0) is 14.8 Å². The summed E-state index contributed by atoms with van der Waals surface area (Å²) in [7, 11) is -0.696. The second kappa shape index (κ2) is 9.43. The van der Waals surface area contributed by atoms with Crippen LogP contribution in [0.1, 0.15) is 5.56 Å². The second-order valence-electron chi connectivity index (χ2n) is 6.87. The maximum Gasteiger partial charge on any atom is 0.262 e. The second-order valence-corrected chi connectivity index (χ2v) is 9.02. The van der Waals surface area contributed by atoms with Crippen molar-refractivity contribution in [3.05, 3.63) is 78.4 Å². The lowest BCUT2D eigenvalue weighted by Crippen LogP contribution is -2.23. The highest BCUT2D eigenvalue weighted by atomic mass is 32.2. The van der Waals surface area contributed by atoms with Gasteiger partial charge in [-0.25, -0.2) is 12.7 Å². The number of hydrogen-bond acceptors (Lipinski definition) is 5. The number of rotatable bonds is 7. The Morgan fingerprint density at radius 1 is 1.00 bits per heavy atom. The molecule has 3 aromatic rings. The van der Waals surface area contributed by atoms with Crippen LogP contribution >= 0.6 is 0 Å². The SMILES string of the molecule is CN(C)S(=O)(=O)c1cccc(NC(=O)COc2ccc(-c3ccc(C#N)cc3)cc2)c1. The van der Waals surface area contributed by atoms with Gasteiger partial charge in [-0.2, -0.15) is 5.26 Å². The van der Waals surface area contributed by atoms with Crippen molar-refractivity contribution in [1.82, 2.24) is 4.31 Å². The topological polar surface area (TPSA) is 99.5 Å². The summed E-state index contributed by atoms with van der Waals surface area (Å²) in [5.74, 6) is 0.118. The van der Waals surface area contributed by atoms with Crippen molar-refractivity contribution in [3.63, 3.8) is 0 Å². The summed E-state index contributed by atoms with van der Waals surface area (Å²) in [6, 6.07) is 22.6. The number of nitrogens with one attached hydrogen (secondary N) is 1. The average Bonchev–Trinajstić information content (AvgIpc) is 2.78. The summed E-state index contributed by atoms with van der Waals surface area (Å²) in [5.41, 5.74) is 2.89. The van der Waals surface area contributed by atoms with E-state index in [1.165, 1.54) is 26.2 Å². The Balaban J connectivity index is 1.59. The largest absolute Gasteiger partial charge is 0.484 e. The summed E-state index contributed by atoms with van der Waals surface area (Å²) in [4.78, 5) is 12.3. The molecule has 3 aromatic carbocycles. The van der Waals surface area contributed by atoms with E-state index in [0.29, 0.717) is 17.0 Å². The van der Waals surface area contributed by atoms with Crippen molar-refractivity contribution >= 4 is 21.6 Å². The minimum absolute atomic E-state index is 0.0922. The monoisotopic (exact) mass is 435 g/mol. The van der Waals surface area contributed by atoms with Gasteiger partial charge in [0.05, 0.1) is 16.5 Å². The van der Waals surface area contributed by atoms with Gasteiger partial charge >= 0.3 is 0 Å². The van der Waals surface area contributed by atoms with Gasteiger partial charge < -0.3 is 10.1 Å². The number of amides is 1. The van der Waals surface area contributed by atoms with Gasteiger partial charge in [0.25, 0.3) is 5.91 Å². The molecule has 0 saturated heterocycles. The van der Waals surface area contributed by atoms with E-state index in [1.54, 1.807) is 36.4 Å². The van der Waals surface area contributed by atoms with E-state index < -0.39 is 15.9 Å². The van der Waals surface area contributed by atoms with E-state index in [1.807, 2.05) is 24.3 Å². The summed E-state index contributed by atoms with van der Waals surface area (Å²) < 4.78 is 31.1. The molecule has 0 saturated carbocycles. The highest BCUT2D eigenvalue weighted by molar-refractivity contribution is 7.89. The summed E-state index contributed by atoms with van der Waals surface area (Å²) in [6.07, 6.45) is 0. The van der Waals surface area contributed by atoms with E-state index in [4.69, 9.17) is 10.00 Å². The first-order valence-corrected chi connectivity index (χ1v) is 10.8. The molecule has 0 heterocycles. The van der Waals surface area contributed by atoms with E-state index in [-0.39, 0.29) is 11.5 Å². The molecule has 1 amide bonds. The third kappa shape index (κ3) is 5.48. The number of anilines is 1. The first-order valence-electron chi connectivity index (χ1n) is 9.35. The van der Waals surface area contributed by atoms with Gasteiger partial charge in [-0.15, -0.1) is 0 Å². The Bertz CT molecular complexity index is 1210. The molecular weight excluding hydrogens is 414 g/mol. The fraction of sp³-hybridized carbons (Fsp3) is 0.130. The fourth-order valence-electron chi connectivity index (χ4n) is 2.77. The highest BCUT2D eigenvalue weighted by Gasteiger charge is 2.17. The smallest absolute Gasteiger partial charge is 0.262 e. The van der Waals surface area contributed by atoms with Crippen molar-refractivity contribution in [2.45, 2.75) is 4.90 Å². The highest BCUT2D eigenvalue weighted by Crippen LogP contribution is 2.23. The Kier molecular flexibility index (Phi) is 6.70. The molecule has 0 atom stereocenters. The molecule has 3 rings (SSSR count). The van der Waals surface area contributed by atoms with Gasteiger partial charge in [-0.05, 0) is 53.6 Å². The van der Waals surface area contributed by atoms with Gasteiger partial charge in [0.15, 0.2) is 6.61 Å². The predicted molar refractivity (Wildman–Crippen MR) is 118 cm³/mol. The summed E-state index contributed by atoms with van der Waals surface area (Å²) in [6.45, 7) is -0.221. The standard InChI is InChI=1S/C23H21N3O4S/c1-26(2)31(28,29)22-5-3-4-20(14-22)25-23(27)16-30-21-12-10-19(11-13-21)18-8-6-17(15-24)7-9-18/h3-14H,16H2,1-2H3,(H,25,27). The molecule has 0 spiro atoms. The Labute approximate surface area is 181 Å². The lowest BCUT2D eigenvalue weighted by Gasteiger charge is -2.13. The van der Waals surface area contributed by atoms with Crippen LogP contribution in [-0.4, -0.2) is 39.3 Å². The van der Waals surface area contributed by atoms with Gasteiger partial charge in [0, 0.05) is 19.8 Å². The first-order chi connectivity index (χ1) is 14.8. The van der Waals surface area contributed by atoms with Crippen molar-refractivity contribution < 1.29 is 17.9 Å². The van der Waals surface area contributed by atoms with E-state index in [9.17, 15) is 13.2 Å². The quantitative estimate of drug-likeness (QED) is 0.612. The van der Waals surface area contributed by atoms with Crippen LogP contribution in [0.4, 0.5) is 5.69 Å². The molecule has 0 aliphatic rings. The number of nitriles is 1. The molecular formula is C23H21N3O4S. The van der Waals surface area contributed by atoms with Gasteiger partial charge in [0.2, 0.25) is 10.0 Å². The number of hydrogen-bond donors (Lipinski definition) is 1. The van der Waals surface area contributed by atoms with Crippen molar-refractivity contribution in [2.75, 3.05) is 26.0 Å². The third-order valence-electron chi connectivity index (χ3n) is 4.47. The molecule has 0 radical (unpaired) electrons. The molecule has 0 aliphatic carbocycles. The maximum atomic E-state index is 12.2. The Morgan fingerprint density at radius 2 is 1.61 bits per heavy atom. The van der Waals surface area contributed by atoms with Gasteiger partial charge in [0.1, 0.15) is 5.75 Å². The molecule has 0 bridgehead atoms. The van der Waals surface area contributed by atoms with Crippen molar-refractivity contribution in [2.24, 2.45) is 0 Å². The minimum Gasteiger partial charge on any atom is -0.484 e. The summed E-state index contributed by atoms with van der Waals surface area (Å²) >= 11 is 0. The van der Waals surface area contributed by atoms with Crippen LogP contribution in [0.3, 0.4) is 0 Å². The molecule has 1 N–H and O–H groups in total. The van der Waals surface area contributed by atoms with Crippen LogP contribution in [0.25, 0.3) is 11.1 Å². The molecule has 0 unspecified atom stereocenters. The molecule has 158 valence electrons. The van der Waals surface area contributed by atoms with E-state index in [0.717, 1.165) is 15.4 Å². The van der Waals surface area contributed by atoms with Crippen molar-refractivity contribution in [3.8, 4) is 22.9 Å². The number of carbonyl (C=O) groups excluding carboxylic acids is 1. The number of benzene rings is 3. The Hall–Kier alpha value is -3.67. The lowest BCUT2D eigenvalue weighted by atomic mass is 10.0. The zero-order valence-electron chi connectivity index (χ0n) is 17.1. The van der Waals surface area contributed by atoms with Crippen LogP contribution in [0.5, 0.6) is 5.75 Å². The zero-order chi connectivity index (χ0) is 22.4. The molecule has 31 heavy (non-hydrogen) atoms. The van der Waals surface area contributed by atoms with Gasteiger partial charge in [-0.1, -0.05) is 30.3 Å². The van der Waals surface area contributed by atoms with Gasteiger partial charge in [-0.3, -0.25) is 4.79 Å². The number of ether oxygens (including phenoxy) is 1. The third-order valence-corrected chi connectivity index (χ3v) is 6.28. The molecule has 0 fully saturated rings. The molecule has 8 heteroatoms. The van der Waals surface area contributed by atoms with E-state index >= 15 is 0 Å². The molecule has 0 aliphatic heterocycles. The maximum absolute atomic E-state index is 12.2. The zero-order valence-corrected chi connectivity index (χ0v) is 17.9.